The Morgan fingerprint density at radius 1 is 1.04 bits per heavy atom. The number of carbonyl (C=O) groups excluding carboxylic acids is 2. The zero-order valence-corrected chi connectivity index (χ0v) is 13.9. The highest BCUT2D eigenvalue weighted by Crippen LogP contribution is 2.09. The molecule has 2 rings (SSSR count). The summed E-state index contributed by atoms with van der Waals surface area (Å²) in [6, 6.07) is 16.9. The normalized spacial score (nSPS) is 10.5. The SMILES string of the molecule is O=C(Cc1ccccc1)NCC(=O)N/N=C/c1cccc(Br)c1. The van der Waals surface area contributed by atoms with Crippen LogP contribution in [0.4, 0.5) is 0 Å². The lowest BCUT2D eigenvalue weighted by Gasteiger charge is -2.04. The third-order valence-corrected chi connectivity index (χ3v) is 3.40. The van der Waals surface area contributed by atoms with Gasteiger partial charge < -0.3 is 5.32 Å². The molecule has 2 amide bonds. The van der Waals surface area contributed by atoms with Crippen molar-refractivity contribution >= 4 is 34.0 Å². The highest BCUT2D eigenvalue weighted by Gasteiger charge is 2.05. The van der Waals surface area contributed by atoms with Crippen LogP contribution in [0.2, 0.25) is 0 Å². The van der Waals surface area contributed by atoms with E-state index in [4.69, 9.17) is 0 Å². The van der Waals surface area contributed by atoms with Crippen LogP contribution in [0.5, 0.6) is 0 Å². The number of hydrazone groups is 1. The number of hydrogen-bond donors (Lipinski definition) is 2. The molecule has 0 bridgehead atoms. The Morgan fingerprint density at radius 3 is 2.57 bits per heavy atom. The van der Waals surface area contributed by atoms with Crippen molar-refractivity contribution in [2.75, 3.05) is 6.54 Å². The molecule has 0 aromatic heterocycles. The van der Waals surface area contributed by atoms with Gasteiger partial charge in [0.15, 0.2) is 0 Å². The number of hydrogen-bond acceptors (Lipinski definition) is 3. The number of amides is 2. The van der Waals surface area contributed by atoms with Crippen molar-refractivity contribution < 1.29 is 9.59 Å². The lowest BCUT2D eigenvalue weighted by molar-refractivity contribution is -0.125. The first-order valence-electron chi connectivity index (χ1n) is 7.01. The number of halogens is 1. The van der Waals surface area contributed by atoms with Crippen molar-refractivity contribution in [2.24, 2.45) is 5.10 Å². The van der Waals surface area contributed by atoms with Gasteiger partial charge in [-0.2, -0.15) is 5.10 Å². The van der Waals surface area contributed by atoms with Crippen LogP contribution in [0, 0.1) is 0 Å². The number of benzene rings is 2. The minimum atomic E-state index is -0.377. The summed E-state index contributed by atoms with van der Waals surface area (Å²) < 4.78 is 0.931. The van der Waals surface area contributed by atoms with Crippen LogP contribution in [0.25, 0.3) is 0 Å². The van der Waals surface area contributed by atoms with Gasteiger partial charge in [0.25, 0.3) is 5.91 Å². The topological polar surface area (TPSA) is 70.6 Å². The standard InChI is InChI=1S/C17H16BrN3O2/c18-15-8-4-7-14(9-15)11-20-21-17(23)12-19-16(22)10-13-5-2-1-3-6-13/h1-9,11H,10,12H2,(H,19,22)(H,21,23)/b20-11+. The summed E-state index contributed by atoms with van der Waals surface area (Å²) in [6.07, 6.45) is 1.78. The van der Waals surface area contributed by atoms with E-state index in [1.54, 1.807) is 0 Å². The molecule has 23 heavy (non-hydrogen) atoms. The lowest BCUT2D eigenvalue weighted by atomic mass is 10.1. The second-order valence-electron chi connectivity index (χ2n) is 4.79. The maximum Gasteiger partial charge on any atom is 0.259 e. The molecule has 0 spiro atoms. The van der Waals surface area contributed by atoms with E-state index in [2.05, 4.69) is 31.8 Å². The fraction of sp³-hybridized carbons (Fsp3) is 0.118. The molecule has 0 fully saturated rings. The number of nitrogens with one attached hydrogen (secondary N) is 2. The summed E-state index contributed by atoms with van der Waals surface area (Å²) in [5.41, 5.74) is 4.13. The van der Waals surface area contributed by atoms with Crippen LogP contribution in [-0.4, -0.2) is 24.6 Å². The summed E-state index contributed by atoms with van der Waals surface area (Å²) in [5, 5.41) is 6.40. The van der Waals surface area contributed by atoms with Gasteiger partial charge >= 0.3 is 0 Å². The first-order chi connectivity index (χ1) is 11.1. The van der Waals surface area contributed by atoms with Gasteiger partial charge in [0, 0.05) is 4.47 Å². The number of carbonyl (C=O) groups is 2. The zero-order chi connectivity index (χ0) is 16.5. The van der Waals surface area contributed by atoms with E-state index in [1.165, 1.54) is 6.21 Å². The molecule has 118 valence electrons. The van der Waals surface area contributed by atoms with Gasteiger partial charge in [-0.25, -0.2) is 5.43 Å². The van der Waals surface area contributed by atoms with Crippen molar-refractivity contribution in [3.8, 4) is 0 Å². The molecular formula is C17H16BrN3O2. The van der Waals surface area contributed by atoms with E-state index in [9.17, 15) is 9.59 Å². The number of rotatable bonds is 6. The predicted octanol–water partition coefficient (Wildman–Crippen LogP) is 2.26. The highest BCUT2D eigenvalue weighted by molar-refractivity contribution is 9.10. The van der Waals surface area contributed by atoms with E-state index in [-0.39, 0.29) is 24.8 Å². The number of nitrogens with zero attached hydrogens (tertiary/aromatic N) is 1. The van der Waals surface area contributed by atoms with Crippen molar-refractivity contribution in [3.05, 3.63) is 70.2 Å². The van der Waals surface area contributed by atoms with Crippen LogP contribution in [-0.2, 0) is 16.0 Å². The summed E-state index contributed by atoms with van der Waals surface area (Å²) in [6.45, 7) is -0.110. The monoisotopic (exact) mass is 373 g/mol. The fourth-order valence-corrected chi connectivity index (χ4v) is 2.24. The average Bonchev–Trinajstić information content (AvgIpc) is 2.54. The second-order valence-corrected chi connectivity index (χ2v) is 5.70. The first-order valence-corrected chi connectivity index (χ1v) is 7.81. The molecule has 0 radical (unpaired) electrons. The van der Waals surface area contributed by atoms with Gasteiger partial charge in [0.05, 0.1) is 19.2 Å². The Kier molecular flexibility index (Phi) is 6.50. The van der Waals surface area contributed by atoms with E-state index in [1.807, 2.05) is 54.6 Å². The van der Waals surface area contributed by atoms with Crippen molar-refractivity contribution in [3.63, 3.8) is 0 Å². The Bertz CT molecular complexity index is 702. The summed E-state index contributed by atoms with van der Waals surface area (Å²) in [4.78, 5) is 23.3. The maximum atomic E-state index is 11.7. The molecule has 0 aliphatic heterocycles. The van der Waals surface area contributed by atoms with Crippen LogP contribution >= 0.6 is 15.9 Å². The largest absolute Gasteiger partial charge is 0.347 e. The van der Waals surface area contributed by atoms with Crippen LogP contribution in [0.15, 0.2) is 64.2 Å². The van der Waals surface area contributed by atoms with Crippen molar-refractivity contribution in [1.29, 1.82) is 0 Å². The second kappa shape index (κ2) is 8.85. The van der Waals surface area contributed by atoms with Crippen LogP contribution in [0.1, 0.15) is 11.1 Å². The Hall–Kier alpha value is -2.47. The summed E-state index contributed by atoms with van der Waals surface area (Å²) >= 11 is 3.35. The smallest absolute Gasteiger partial charge is 0.259 e. The molecule has 0 aliphatic rings. The molecule has 2 aromatic rings. The minimum Gasteiger partial charge on any atom is -0.347 e. The van der Waals surface area contributed by atoms with E-state index in [0.29, 0.717) is 0 Å². The van der Waals surface area contributed by atoms with Crippen molar-refractivity contribution in [1.82, 2.24) is 10.7 Å². The molecule has 5 nitrogen and oxygen atoms in total. The molecule has 0 saturated carbocycles. The Morgan fingerprint density at radius 2 is 1.83 bits per heavy atom. The predicted molar refractivity (Wildman–Crippen MR) is 93.0 cm³/mol. The Balaban J connectivity index is 1.71. The summed E-state index contributed by atoms with van der Waals surface area (Å²) in [7, 11) is 0. The van der Waals surface area contributed by atoms with E-state index >= 15 is 0 Å². The van der Waals surface area contributed by atoms with Crippen LogP contribution < -0.4 is 10.7 Å². The highest BCUT2D eigenvalue weighted by atomic mass is 79.9. The van der Waals surface area contributed by atoms with Gasteiger partial charge in [0.2, 0.25) is 5.91 Å². The van der Waals surface area contributed by atoms with Gasteiger partial charge in [-0.05, 0) is 23.3 Å². The Labute approximate surface area is 142 Å². The van der Waals surface area contributed by atoms with E-state index in [0.717, 1.165) is 15.6 Å². The fourth-order valence-electron chi connectivity index (χ4n) is 1.83. The lowest BCUT2D eigenvalue weighted by Crippen LogP contribution is -2.35. The first kappa shape index (κ1) is 16.9. The zero-order valence-electron chi connectivity index (χ0n) is 12.3. The minimum absolute atomic E-state index is 0.110. The molecule has 6 heteroatoms. The third kappa shape index (κ3) is 6.44. The molecule has 0 heterocycles. The quantitative estimate of drug-likeness (QED) is 0.602. The van der Waals surface area contributed by atoms with Crippen LogP contribution in [0.3, 0.4) is 0 Å². The molecule has 2 aromatic carbocycles. The molecule has 0 unspecified atom stereocenters. The molecule has 0 aliphatic carbocycles. The van der Waals surface area contributed by atoms with Gasteiger partial charge in [-0.3, -0.25) is 9.59 Å². The molecular weight excluding hydrogens is 358 g/mol. The van der Waals surface area contributed by atoms with Gasteiger partial charge in [0.1, 0.15) is 0 Å². The maximum absolute atomic E-state index is 11.7. The van der Waals surface area contributed by atoms with Gasteiger partial charge in [-0.15, -0.1) is 0 Å². The molecule has 2 N–H and O–H groups in total. The van der Waals surface area contributed by atoms with Gasteiger partial charge in [-0.1, -0.05) is 58.4 Å². The third-order valence-electron chi connectivity index (χ3n) is 2.91. The average molecular weight is 374 g/mol. The molecule has 0 saturated heterocycles. The molecule has 0 atom stereocenters. The van der Waals surface area contributed by atoms with Crippen molar-refractivity contribution in [2.45, 2.75) is 6.42 Å². The van der Waals surface area contributed by atoms with E-state index < -0.39 is 0 Å². The summed E-state index contributed by atoms with van der Waals surface area (Å²) in [5.74, 6) is -0.583.